The third kappa shape index (κ3) is 3.81. The van der Waals surface area contributed by atoms with Crippen LogP contribution in [0.3, 0.4) is 0 Å². The number of aromatic nitrogens is 3. The van der Waals surface area contributed by atoms with Gasteiger partial charge in [-0.25, -0.2) is 22.9 Å². The van der Waals surface area contributed by atoms with E-state index in [-0.39, 0.29) is 39.3 Å². The zero-order valence-corrected chi connectivity index (χ0v) is 19.0. The number of pyridine rings is 1. The lowest BCUT2D eigenvalue weighted by atomic mass is 10.1. The summed E-state index contributed by atoms with van der Waals surface area (Å²) < 4.78 is 31.3. The maximum Gasteiger partial charge on any atom is 0.344 e. The van der Waals surface area contributed by atoms with Crippen molar-refractivity contribution >= 4 is 50.0 Å². The van der Waals surface area contributed by atoms with Gasteiger partial charge in [0, 0.05) is 11.6 Å². The minimum atomic E-state index is -3.10. The molecule has 31 heavy (non-hydrogen) atoms. The molecule has 162 valence electrons. The Morgan fingerprint density at radius 3 is 2.68 bits per heavy atom. The molecule has 0 bridgehead atoms. The third-order valence-corrected chi connectivity index (χ3v) is 8.30. The van der Waals surface area contributed by atoms with Crippen LogP contribution in [0.15, 0.2) is 24.3 Å². The standard InChI is InChI=1S/C21H19Cl2N3O4S/c1-11-18-14(21(27)30-17-4-2-3-15(22)19(17)23)9-16(12-5-6-12)24-20(18)26(25-11)13-7-8-31(28,29)10-13/h2-4,9,12-13H,5-8,10H2,1H3/t13-/m1/s1. The monoisotopic (exact) mass is 479 g/mol. The van der Waals surface area contributed by atoms with Gasteiger partial charge < -0.3 is 4.74 Å². The Morgan fingerprint density at radius 1 is 1.23 bits per heavy atom. The molecule has 2 aliphatic rings. The molecule has 0 radical (unpaired) electrons. The van der Waals surface area contributed by atoms with Crippen molar-refractivity contribution in [2.24, 2.45) is 0 Å². The zero-order chi connectivity index (χ0) is 21.9. The van der Waals surface area contributed by atoms with E-state index in [0.717, 1.165) is 18.5 Å². The number of ether oxygens (including phenoxy) is 1. The topological polar surface area (TPSA) is 91.1 Å². The van der Waals surface area contributed by atoms with Gasteiger partial charge in [0.2, 0.25) is 0 Å². The average Bonchev–Trinajstić information content (AvgIpc) is 3.44. The fourth-order valence-corrected chi connectivity index (χ4v) is 6.04. The van der Waals surface area contributed by atoms with Crippen LogP contribution in [0.5, 0.6) is 5.75 Å². The first-order chi connectivity index (χ1) is 14.7. The number of benzene rings is 1. The van der Waals surface area contributed by atoms with Crippen LogP contribution in [0.2, 0.25) is 10.0 Å². The zero-order valence-electron chi connectivity index (χ0n) is 16.6. The molecule has 0 N–H and O–H groups in total. The van der Waals surface area contributed by atoms with E-state index < -0.39 is 15.8 Å². The third-order valence-electron chi connectivity index (χ3n) is 5.75. The first-order valence-electron chi connectivity index (χ1n) is 10.00. The Hall–Kier alpha value is -2.16. The lowest BCUT2D eigenvalue weighted by molar-refractivity contribution is 0.0736. The fourth-order valence-electron chi connectivity index (χ4n) is 4.02. The molecule has 1 aliphatic heterocycles. The summed E-state index contributed by atoms with van der Waals surface area (Å²) in [5, 5.41) is 5.59. The van der Waals surface area contributed by atoms with Crippen molar-refractivity contribution in [3.8, 4) is 5.75 Å². The van der Waals surface area contributed by atoms with Gasteiger partial charge in [-0.1, -0.05) is 29.3 Å². The molecule has 0 spiro atoms. The van der Waals surface area contributed by atoms with Crippen LogP contribution in [0.1, 0.15) is 53.0 Å². The highest BCUT2D eigenvalue weighted by molar-refractivity contribution is 7.91. The summed E-state index contributed by atoms with van der Waals surface area (Å²) >= 11 is 12.2. The molecule has 1 aliphatic carbocycles. The summed E-state index contributed by atoms with van der Waals surface area (Å²) in [6.07, 6.45) is 2.47. The Balaban J connectivity index is 1.62. The summed E-state index contributed by atoms with van der Waals surface area (Å²) in [4.78, 5) is 18.0. The predicted octanol–water partition coefficient (Wildman–Crippen LogP) is 4.50. The first-order valence-corrected chi connectivity index (χ1v) is 12.6. The fraction of sp³-hybridized carbons (Fsp3) is 0.381. The van der Waals surface area contributed by atoms with Crippen LogP contribution in [-0.4, -0.2) is 40.7 Å². The van der Waals surface area contributed by atoms with Crippen LogP contribution < -0.4 is 4.74 Å². The highest BCUT2D eigenvalue weighted by Crippen LogP contribution is 2.41. The van der Waals surface area contributed by atoms with Gasteiger partial charge in [-0.3, -0.25) is 0 Å². The normalized spacial score (nSPS) is 20.3. The second-order valence-electron chi connectivity index (χ2n) is 8.10. The van der Waals surface area contributed by atoms with Crippen molar-refractivity contribution < 1.29 is 17.9 Å². The van der Waals surface area contributed by atoms with Crippen molar-refractivity contribution in [3.63, 3.8) is 0 Å². The molecular weight excluding hydrogens is 461 g/mol. The van der Waals surface area contributed by atoms with Gasteiger partial charge in [0.05, 0.1) is 39.2 Å². The molecular formula is C21H19Cl2N3O4S. The Bertz CT molecular complexity index is 1330. The molecule has 1 saturated heterocycles. The number of rotatable bonds is 4. The van der Waals surface area contributed by atoms with E-state index in [0.29, 0.717) is 28.7 Å². The van der Waals surface area contributed by atoms with E-state index in [9.17, 15) is 13.2 Å². The predicted molar refractivity (Wildman–Crippen MR) is 118 cm³/mol. The van der Waals surface area contributed by atoms with E-state index in [1.54, 1.807) is 35.9 Å². The molecule has 10 heteroatoms. The van der Waals surface area contributed by atoms with E-state index in [1.807, 2.05) is 0 Å². The molecule has 5 rings (SSSR count). The Labute approximate surface area is 189 Å². The molecule has 1 saturated carbocycles. The molecule has 3 aromatic rings. The SMILES string of the molecule is Cc1nn([C@@H]2CCS(=O)(=O)C2)c2nc(C3CC3)cc(C(=O)Oc3cccc(Cl)c3Cl)c12. The van der Waals surface area contributed by atoms with Crippen molar-refractivity contribution in [3.05, 3.63) is 51.3 Å². The van der Waals surface area contributed by atoms with Crippen LogP contribution >= 0.6 is 23.2 Å². The molecule has 1 aromatic carbocycles. The van der Waals surface area contributed by atoms with Crippen molar-refractivity contribution in [2.45, 2.75) is 38.1 Å². The maximum atomic E-state index is 13.2. The van der Waals surface area contributed by atoms with Crippen LogP contribution in [0, 0.1) is 6.92 Å². The second kappa shape index (κ2) is 7.46. The van der Waals surface area contributed by atoms with E-state index in [4.69, 9.17) is 32.9 Å². The lowest BCUT2D eigenvalue weighted by Gasteiger charge is -2.12. The highest BCUT2D eigenvalue weighted by atomic mass is 35.5. The first kappa shape index (κ1) is 20.7. The number of hydrogen-bond acceptors (Lipinski definition) is 6. The molecule has 3 heterocycles. The van der Waals surface area contributed by atoms with Gasteiger partial charge in [0.15, 0.2) is 21.2 Å². The van der Waals surface area contributed by atoms with Crippen molar-refractivity contribution in [1.82, 2.24) is 14.8 Å². The maximum absolute atomic E-state index is 13.2. The number of carbonyl (C=O) groups excluding carboxylic acids is 1. The molecule has 0 amide bonds. The summed E-state index contributed by atoms with van der Waals surface area (Å²) in [6.45, 7) is 1.78. The van der Waals surface area contributed by atoms with Crippen LogP contribution in [0.4, 0.5) is 0 Å². The van der Waals surface area contributed by atoms with E-state index in [2.05, 4.69) is 5.10 Å². The number of fused-ring (bicyclic) bond motifs is 1. The molecule has 2 fully saturated rings. The molecule has 0 unspecified atom stereocenters. The lowest BCUT2D eigenvalue weighted by Crippen LogP contribution is -2.14. The summed E-state index contributed by atoms with van der Waals surface area (Å²) in [5.74, 6) is 0.0183. The van der Waals surface area contributed by atoms with Crippen molar-refractivity contribution in [2.75, 3.05) is 11.5 Å². The number of sulfone groups is 1. The van der Waals surface area contributed by atoms with Crippen LogP contribution in [0.25, 0.3) is 11.0 Å². The van der Waals surface area contributed by atoms with Gasteiger partial charge in [-0.2, -0.15) is 5.10 Å². The molecule has 7 nitrogen and oxygen atoms in total. The quantitative estimate of drug-likeness (QED) is 0.403. The Kier molecular flexibility index (Phi) is 4.99. The van der Waals surface area contributed by atoms with Gasteiger partial charge >= 0.3 is 5.97 Å². The van der Waals surface area contributed by atoms with Gasteiger partial charge in [-0.15, -0.1) is 0 Å². The second-order valence-corrected chi connectivity index (χ2v) is 11.1. The molecule has 2 aromatic heterocycles. The van der Waals surface area contributed by atoms with Gasteiger partial charge in [-0.05, 0) is 44.4 Å². The largest absolute Gasteiger partial charge is 0.421 e. The number of nitrogens with zero attached hydrogens (tertiary/aromatic N) is 3. The molecule has 1 atom stereocenters. The van der Waals surface area contributed by atoms with Crippen molar-refractivity contribution in [1.29, 1.82) is 0 Å². The van der Waals surface area contributed by atoms with E-state index in [1.165, 1.54) is 0 Å². The van der Waals surface area contributed by atoms with Gasteiger partial charge in [0.25, 0.3) is 0 Å². The summed E-state index contributed by atoms with van der Waals surface area (Å²) in [7, 11) is -3.10. The average molecular weight is 480 g/mol. The van der Waals surface area contributed by atoms with Crippen LogP contribution in [-0.2, 0) is 9.84 Å². The smallest absolute Gasteiger partial charge is 0.344 e. The summed E-state index contributed by atoms with van der Waals surface area (Å²) in [5.41, 5.74) is 2.25. The highest BCUT2D eigenvalue weighted by Gasteiger charge is 2.34. The number of carbonyl (C=O) groups is 1. The van der Waals surface area contributed by atoms with Gasteiger partial charge in [0.1, 0.15) is 5.02 Å². The Morgan fingerprint density at radius 2 is 2.00 bits per heavy atom. The number of aryl methyl sites for hydroxylation is 1. The number of esters is 1. The summed E-state index contributed by atoms with van der Waals surface area (Å²) in [6, 6.07) is 6.30. The minimum Gasteiger partial charge on any atom is -0.421 e. The minimum absolute atomic E-state index is 0.0243. The van der Waals surface area contributed by atoms with E-state index >= 15 is 0 Å². The number of hydrogen-bond donors (Lipinski definition) is 0. The number of halogens is 2.